The molecule has 3 N–H and O–H groups in total. The second kappa shape index (κ2) is 7.40. The first kappa shape index (κ1) is 23.0. The smallest absolute Gasteiger partial charge is 0.434 e. The molecule has 1 fully saturated rings. The zero-order chi connectivity index (χ0) is 24.2. The highest BCUT2D eigenvalue weighted by atomic mass is 32.2. The molecule has 4 rings (SSSR count). The monoisotopic (exact) mass is 483 g/mol. The van der Waals surface area contributed by atoms with E-state index in [1.807, 2.05) is 0 Å². The van der Waals surface area contributed by atoms with Gasteiger partial charge >= 0.3 is 6.18 Å². The molecule has 1 aromatic carbocycles. The van der Waals surface area contributed by atoms with E-state index in [0.717, 1.165) is 6.20 Å². The lowest BCUT2D eigenvalue weighted by atomic mass is 9.84. The van der Waals surface area contributed by atoms with Gasteiger partial charge in [-0.1, -0.05) is 0 Å². The first-order chi connectivity index (χ1) is 15.3. The maximum absolute atomic E-state index is 13.0. The first-order valence-electron chi connectivity index (χ1n) is 9.83. The number of carbonyl (C=O) groups is 1. The summed E-state index contributed by atoms with van der Waals surface area (Å²) in [5.74, 6) is -0.798. The molecule has 3 heterocycles. The number of amidine groups is 1. The average molecular weight is 483 g/mol. The normalized spacial score (nSPS) is 23.2. The Morgan fingerprint density at radius 1 is 1.24 bits per heavy atom. The Labute approximate surface area is 187 Å². The van der Waals surface area contributed by atoms with Crippen LogP contribution in [-0.4, -0.2) is 47.2 Å². The van der Waals surface area contributed by atoms with Crippen molar-refractivity contribution in [2.45, 2.75) is 36.7 Å². The van der Waals surface area contributed by atoms with Crippen LogP contribution in [-0.2, 0) is 21.6 Å². The number of alkyl halides is 3. The van der Waals surface area contributed by atoms with Gasteiger partial charge in [-0.15, -0.1) is 0 Å². The van der Waals surface area contributed by atoms with E-state index in [1.54, 1.807) is 6.07 Å². The average Bonchev–Trinajstić information content (AvgIpc) is 2.72. The van der Waals surface area contributed by atoms with E-state index in [4.69, 9.17) is 10.1 Å². The van der Waals surface area contributed by atoms with Gasteiger partial charge in [-0.05, 0) is 32.0 Å². The summed E-state index contributed by atoms with van der Waals surface area (Å²) in [6, 6.07) is 4.60. The lowest BCUT2D eigenvalue weighted by Crippen LogP contribution is -2.65. The number of nitrogens with one attached hydrogen (secondary N) is 3. The molecule has 1 saturated heterocycles. The third-order valence-corrected chi connectivity index (χ3v) is 8.53. The highest BCUT2D eigenvalue weighted by Gasteiger charge is 2.54. The molecule has 0 aliphatic carbocycles. The van der Waals surface area contributed by atoms with E-state index in [-0.39, 0.29) is 36.0 Å². The zero-order valence-corrected chi connectivity index (χ0v) is 18.4. The SMILES string of the molecule is CC1(C)C(=N)N[C@@]2(CCOc3ccc(NC(=O)c4cnc(C(F)(F)F)cn4)cc32)CS1(=O)=O. The number of anilines is 1. The number of hydrogen-bond donors (Lipinski definition) is 3. The van der Waals surface area contributed by atoms with E-state index >= 15 is 0 Å². The molecule has 0 radical (unpaired) electrons. The molecule has 2 aliphatic heterocycles. The summed E-state index contributed by atoms with van der Waals surface area (Å²) >= 11 is 0. The molecular formula is C20H20F3N5O4S. The molecule has 0 saturated carbocycles. The fourth-order valence-electron chi connectivity index (χ4n) is 3.73. The Morgan fingerprint density at radius 3 is 2.58 bits per heavy atom. The number of halogens is 3. The van der Waals surface area contributed by atoms with Gasteiger partial charge in [0.1, 0.15) is 22.0 Å². The van der Waals surface area contributed by atoms with E-state index in [9.17, 15) is 26.4 Å². The van der Waals surface area contributed by atoms with Gasteiger partial charge in [-0.25, -0.2) is 18.4 Å². The molecule has 0 unspecified atom stereocenters. The lowest BCUT2D eigenvalue weighted by molar-refractivity contribution is -0.141. The molecule has 0 bridgehead atoms. The molecule has 1 atom stereocenters. The van der Waals surface area contributed by atoms with E-state index in [0.29, 0.717) is 17.5 Å². The number of fused-ring (bicyclic) bond motifs is 2. The van der Waals surface area contributed by atoms with Crippen molar-refractivity contribution in [2.75, 3.05) is 17.7 Å². The maximum Gasteiger partial charge on any atom is 0.434 e. The summed E-state index contributed by atoms with van der Waals surface area (Å²) in [5.41, 5.74) is -1.96. The van der Waals surface area contributed by atoms with Crippen LogP contribution in [0.25, 0.3) is 0 Å². The molecular weight excluding hydrogens is 463 g/mol. The number of sulfone groups is 1. The Bertz CT molecular complexity index is 1250. The van der Waals surface area contributed by atoms with Gasteiger partial charge in [-0.3, -0.25) is 10.2 Å². The van der Waals surface area contributed by atoms with Gasteiger partial charge in [-0.2, -0.15) is 13.2 Å². The van der Waals surface area contributed by atoms with Crippen molar-refractivity contribution < 1.29 is 31.1 Å². The highest BCUT2D eigenvalue weighted by Crippen LogP contribution is 2.43. The number of aromatic nitrogens is 2. The number of amides is 1. The third-order valence-electron chi connectivity index (χ3n) is 5.89. The van der Waals surface area contributed by atoms with E-state index in [2.05, 4.69) is 20.6 Å². The number of benzene rings is 1. The molecule has 13 heteroatoms. The third kappa shape index (κ3) is 3.90. The fraction of sp³-hybridized carbons (Fsp3) is 0.400. The van der Waals surface area contributed by atoms with Crippen LogP contribution in [0.3, 0.4) is 0 Å². The minimum absolute atomic E-state index is 0.143. The van der Waals surface area contributed by atoms with Crippen LogP contribution < -0.4 is 15.4 Å². The number of ether oxygens (including phenoxy) is 1. The number of carbonyl (C=O) groups excluding carboxylic acids is 1. The summed E-state index contributed by atoms with van der Waals surface area (Å²) in [5, 5.41) is 13.9. The van der Waals surface area contributed by atoms with Gasteiger partial charge in [0.05, 0.1) is 30.3 Å². The molecule has 2 aromatic rings. The van der Waals surface area contributed by atoms with Gasteiger partial charge < -0.3 is 15.4 Å². The van der Waals surface area contributed by atoms with Crippen LogP contribution in [0.4, 0.5) is 18.9 Å². The second-order valence-corrected chi connectivity index (χ2v) is 10.9. The fourth-order valence-corrected chi connectivity index (χ4v) is 5.47. The quantitative estimate of drug-likeness (QED) is 0.598. The summed E-state index contributed by atoms with van der Waals surface area (Å²) in [4.78, 5) is 19.2. The molecule has 2 aliphatic rings. The molecule has 33 heavy (non-hydrogen) atoms. The molecule has 1 aromatic heterocycles. The molecule has 1 spiro atoms. The standard InChI is InChI=1S/C20H20F3N5O4S/c1-18(2)17(24)28-19(10-33(18,30)31)5-6-32-14-4-3-11(7-12(14)19)27-16(29)13-8-26-15(9-25-13)20(21,22)23/h3-4,7-9H,5-6,10H2,1-2H3,(H2,24,28)(H,27,29)/t19-/m0/s1. The van der Waals surface area contributed by atoms with Crippen molar-refractivity contribution >= 4 is 27.3 Å². The van der Waals surface area contributed by atoms with Gasteiger partial charge in [0.15, 0.2) is 15.5 Å². The summed E-state index contributed by atoms with van der Waals surface area (Å²) in [6.45, 7) is 3.16. The zero-order valence-electron chi connectivity index (χ0n) is 17.6. The van der Waals surface area contributed by atoms with Gasteiger partial charge in [0.2, 0.25) is 0 Å². The Balaban J connectivity index is 1.64. The topological polar surface area (TPSA) is 134 Å². The number of nitrogens with zero attached hydrogens (tertiary/aromatic N) is 2. The van der Waals surface area contributed by atoms with Crippen LogP contribution in [0.1, 0.15) is 42.0 Å². The van der Waals surface area contributed by atoms with Gasteiger partial charge in [0, 0.05) is 17.7 Å². The van der Waals surface area contributed by atoms with Crippen molar-refractivity contribution in [3.63, 3.8) is 0 Å². The van der Waals surface area contributed by atoms with Crippen molar-refractivity contribution in [1.29, 1.82) is 5.41 Å². The Morgan fingerprint density at radius 2 is 1.97 bits per heavy atom. The van der Waals surface area contributed by atoms with Crippen molar-refractivity contribution in [1.82, 2.24) is 15.3 Å². The molecule has 1 amide bonds. The minimum atomic E-state index is -4.68. The molecule has 9 nitrogen and oxygen atoms in total. The summed E-state index contributed by atoms with van der Waals surface area (Å²) < 4.78 is 68.1. The summed E-state index contributed by atoms with van der Waals surface area (Å²) in [7, 11) is -3.70. The van der Waals surface area contributed by atoms with Crippen LogP contribution in [0.2, 0.25) is 0 Å². The largest absolute Gasteiger partial charge is 0.493 e. The van der Waals surface area contributed by atoms with E-state index in [1.165, 1.54) is 26.0 Å². The van der Waals surface area contributed by atoms with Crippen LogP contribution >= 0.6 is 0 Å². The summed E-state index contributed by atoms with van der Waals surface area (Å²) in [6.07, 6.45) is -3.21. The van der Waals surface area contributed by atoms with Crippen molar-refractivity contribution in [3.05, 3.63) is 47.5 Å². The second-order valence-electron chi connectivity index (χ2n) is 8.40. The van der Waals surface area contributed by atoms with Crippen LogP contribution in [0.15, 0.2) is 30.6 Å². The Hall–Kier alpha value is -3.22. The molecule has 176 valence electrons. The predicted molar refractivity (Wildman–Crippen MR) is 112 cm³/mol. The predicted octanol–water partition coefficient (Wildman–Crippen LogP) is 2.50. The number of rotatable bonds is 2. The number of hydrogen-bond acceptors (Lipinski definition) is 7. The van der Waals surface area contributed by atoms with E-state index < -0.39 is 37.9 Å². The van der Waals surface area contributed by atoms with Crippen molar-refractivity contribution in [3.8, 4) is 5.75 Å². The minimum Gasteiger partial charge on any atom is -0.493 e. The van der Waals surface area contributed by atoms with Crippen LogP contribution in [0, 0.1) is 5.41 Å². The maximum atomic E-state index is 13.0. The van der Waals surface area contributed by atoms with Crippen LogP contribution in [0.5, 0.6) is 5.75 Å². The lowest BCUT2D eigenvalue weighted by Gasteiger charge is -2.47. The Kier molecular flexibility index (Phi) is 5.15. The van der Waals surface area contributed by atoms with Gasteiger partial charge in [0.25, 0.3) is 5.91 Å². The highest BCUT2D eigenvalue weighted by molar-refractivity contribution is 7.93. The van der Waals surface area contributed by atoms with Crippen molar-refractivity contribution in [2.24, 2.45) is 0 Å². The first-order valence-corrected chi connectivity index (χ1v) is 11.5.